The highest BCUT2D eigenvalue weighted by Crippen LogP contribution is 2.37. The van der Waals surface area contributed by atoms with Crippen LogP contribution >= 0.6 is 0 Å². The van der Waals surface area contributed by atoms with Gasteiger partial charge in [0.2, 0.25) is 15.0 Å². The zero-order valence-corrected chi connectivity index (χ0v) is 14.4. The van der Waals surface area contributed by atoms with E-state index in [9.17, 15) is 8.42 Å². The Morgan fingerprint density at radius 2 is 2.17 bits per heavy atom. The smallest absolute Gasteiger partial charge is 0.247 e. The molecule has 8 heteroatoms. The first kappa shape index (κ1) is 15.7. The van der Waals surface area contributed by atoms with Crippen molar-refractivity contribution < 1.29 is 13.2 Å². The van der Waals surface area contributed by atoms with Crippen molar-refractivity contribution in [3.63, 3.8) is 0 Å². The van der Waals surface area contributed by atoms with E-state index in [1.54, 1.807) is 12.3 Å². The first-order valence-electron chi connectivity index (χ1n) is 8.20. The lowest BCUT2D eigenvalue weighted by Gasteiger charge is -2.14. The van der Waals surface area contributed by atoms with Gasteiger partial charge in [-0.1, -0.05) is 0 Å². The van der Waals surface area contributed by atoms with Gasteiger partial charge in [-0.25, -0.2) is 18.4 Å². The number of hydrogen-bond donors (Lipinski definition) is 0. The van der Waals surface area contributed by atoms with E-state index >= 15 is 0 Å². The molecule has 1 saturated carbocycles. The van der Waals surface area contributed by atoms with Gasteiger partial charge >= 0.3 is 0 Å². The monoisotopic (exact) mass is 348 g/mol. The molecule has 0 amide bonds. The molecule has 2 aromatic rings. The van der Waals surface area contributed by atoms with Gasteiger partial charge in [0, 0.05) is 30.3 Å². The molecule has 2 aromatic heterocycles. The van der Waals surface area contributed by atoms with E-state index < -0.39 is 9.84 Å². The van der Waals surface area contributed by atoms with Crippen LogP contribution in [0.5, 0.6) is 0 Å². The molecule has 0 radical (unpaired) electrons. The Morgan fingerprint density at radius 1 is 1.33 bits per heavy atom. The molecule has 2 aliphatic rings. The summed E-state index contributed by atoms with van der Waals surface area (Å²) in [4.78, 5) is 8.14. The second-order valence-corrected chi connectivity index (χ2v) is 8.52. The lowest BCUT2D eigenvalue weighted by atomic mass is 10.1. The van der Waals surface area contributed by atoms with E-state index in [1.165, 1.54) is 19.0 Å². The van der Waals surface area contributed by atoms with Crippen molar-refractivity contribution in [2.24, 2.45) is 5.92 Å². The van der Waals surface area contributed by atoms with Crippen LogP contribution in [0, 0.1) is 5.92 Å². The molecular weight excluding hydrogens is 328 g/mol. The summed E-state index contributed by atoms with van der Waals surface area (Å²) in [5.74, 6) is 0.692. The maximum Gasteiger partial charge on any atom is 0.247 e. The second kappa shape index (κ2) is 5.93. The second-order valence-electron chi connectivity index (χ2n) is 6.61. The van der Waals surface area contributed by atoms with Crippen molar-refractivity contribution >= 4 is 9.84 Å². The molecule has 1 atom stereocenters. The van der Waals surface area contributed by atoms with Gasteiger partial charge in [0.05, 0.1) is 24.5 Å². The van der Waals surface area contributed by atoms with Gasteiger partial charge in [-0.15, -0.1) is 0 Å². The third-order valence-electron chi connectivity index (χ3n) is 4.57. The van der Waals surface area contributed by atoms with Gasteiger partial charge in [0.25, 0.3) is 0 Å². The molecule has 4 rings (SSSR count). The zero-order chi connectivity index (χ0) is 16.7. The van der Waals surface area contributed by atoms with Crippen LogP contribution in [0.15, 0.2) is 23.6 Å². The highest BCUT2D eigenvalue weighted by Gasteiger charge is 2.29. The summed E-state index contributed by atoms with van der Waals surface area (Å²) < 4.78 is 31.0. The Hall–Kier alpha value is -1.80. The zero-order valence-electron chi connectivity index (χ0n) is 13.6. The minimum atomic E-state index is -3.44. The molecule has 0 aromatic carbocycles. The van der Waals surface area contributed by atoms with Crippen molar-refractivity contribution in [3.8, 4) is 11.3 Å². The molecule has 24 heavy (non-hydrogen) atoms. The van der Waals surface area contributed by atoms with Crippen molar-refractivity contribution in [2.75, 3.05) is 19.5 Å². The minimum absolute atomic E-state index is 0.144. The predicted molar refractivity (Wildman–Crippen MR) is 87.3 cm³/mol. The van der Waals surface area contributed by atoms with E-state index in [1.807, 2.05) is 0 Å². The minimum Gasteiger partial charge on any atom is -0.379 e. The summed E-state index contributed by atoms with van der Waals surface area (Å²) in [6.45, 7) is 1.44. The van der Waals surface area contributed by atoms with Crippen LogP contribution in [-0.2, 0) is 21.0 Å². The standard InChI is InChI=1S/C16H20N4O3S/c1-24(21,22)16-17-6-4-14(19-16)13-9-18-20(12-5-7-23-10-12)15(13)8-11-2-3-11/h4,6,9,11-12H,2-3,5,7-8,10H2,1H3/t12-/m1/s1. The quantitative estimate of drug-likeness (QED) is 0.764. The van der Waals surface area contributed by atoms with E-state index in [4.69, 9.17) is 4.74 Å². The molecule has 1 aliphatic carbocycles. The maximum atomic E-state index is 11.7. The van der Waals surface area contributed by atoms with Crippen molar-refractivity contribution in [3.05, 3.63) is 24.2 Å². The Bertz CT molecular complexity index is 852. The summed E-state index contributed by atoms with van der Waals surface area (Å²) in [6.07, 6.45) is 8.80. The molecule has 3 heterocycles. The van der Waals surface area contributed by atoms with Gasteiger partial charge in [-0.2, -0.15) is 5.10 Å². The van der Waals surface area contributed by atoms with Crippen LogP contribution in [-0.4, -0.2) is 47.6 Å². The molecule has 0 bridgehead atoms. The maximum absolute atomic E-state index is 11.7. The Kier molecular flexibility index (Phi) is 3.88. The van der Waals surface area contributed by atoms with Crippen LogP contribution in [0.1, 0.15) is 31.0 Å². The molecule has 1 aliphatic heterocycles. The molecule has 0 spiro atoms. The van der Waals surface area contributed by atoms with Crippen LogP contribution in [0.25, 0.3) is 11.3 Å². The summed E-state index contributed by atoms with van der Waals surface area (Å²) in [7, 11) is -3.44. The van der Waals surface area contributed by atoms with Crippen molar-refractivity contribution in [1.82, 2.24) is 19.7 Å². The summed E-state index contributed by atoms with van der Waals surface area (Å²) in [5, 5.41) is 4.43. The average molecular weight is 348 g/mol. The Labute approximate surface area is 141 Å². The summed E-state index contributed by atoms with van der Waals surface area (Å²) in [6, 6.07) is 2.00. The molecular formula is C16H20N4O3S. The van der Waals surface area contributed by atoms with Gasteiger partial charge in [0.1, 0.15) is 0 Å². The number of rotatable bonds is 5. The molecule has 0 N–H and O–H groups in total. The fourth-order valence-corrected chi connectivity index (χ4v) is 3.62. The highest BCUT2D eigenvalue weighted by atomic mass is 32.2. The van der Waals surface area contributed by atoms with E-state index in [0.29, 0.717) is 18.2 Å². The van der Waals surface area contributed by atoms with Crippen LogP contribution in [0.2, 0.25) is 0 Å². The van der Waals surface area contributed by atoms with Crippen LogP contribution < -0.4 is 0 Å². The first-order valence-corrected chi connectivity index (χ1v) is 10.1. The predicted octanol–water partition coefficient (Wildman–Crippen LogP) is 1.66. The largest absolute Gasteiger partial charge is 0.379 e. The third-order valence-corrected chi connectivity index (χ3v) is 5.43. The lowest BCUT2D eigenvalue weighted by molar-refractivity contribution is 0.184. The topological polar surface area (TPSA) is 87.0 Å². The third kappa shape index (κ3) is 3.08. The van der Waals surface area contributed by atoms with E-state index in [0.717, 1.165) is 37.0 Å². The van der Waals surface area contributed by atoms with Gasteiger partial charge in [-0.05, 0) is 37.7 Å². The number of sulfone groups is 1. The molecule has 7 nitrogen and oxygen atoms in total. The van der Waals surface area contributed by atoms with Gasteiger partial charge < -0.3 is 4.74 Å². The summed E-state index contributed by atoms with van der Waals surface area (Å²) in [5.41, 5.74) is 2.65. The SMILES string of the molecule is CS(=O)(=O)c1nccc(-c2cnn([C@@H]3CCOC3)c2CC2CC2)n1. The average Bonchev–Trinajstić information content (AvgIpc) is 3.04. The fraction of sp³-hybridized carbons (Fsp3) is 0.562. The number of nitrogens with zero attached hydrogens (tertiary/aromatic N) is 4. The van der Waals surface area contributed by atoms with E-state index in [2.05, 4.69) is 19.7 Å². The number of hydrogen-bond acceptors (Lipinski definition) is 6. The Balaban J connectivity index is 1.77. The number of aromatic nitrogens is 4. The van der Waals surface area contributed by atoms with Crippen LogP contribution in [0.4, 0.5) is 0 Å². The molecule has 1 saturated heterocycles. The normalized spacial score (nSPS) is 21.3. The van der Waals surface area contributed by atoms with Crippen molar-refractivity contribution in [1.29, 1.82) is 0 Å². The fourth-order valence-electron chi connectivity index (χ4n) is 3.10. The molecule has 0 unspecified atom stereocenters. The van der Waals surface area contributed by atoms with E-state index in [-0.39, 0.29) is 11.2 Å². The van der Waals surface area contributed by atoms with Crippen LogP contribution in [0.3, 0.4) is 0 Å². The highest BCUT2D eigenvalue weighted by molar-refractivity contribution is 7.90. The van der Waals surface area contributed by atoms with Gasteiger partial charge in [-0.3, -0.25) is 4.68 Å². The summed E-state index contributed by atoms with van der Waals surface area (Å²) >= 11 is 0. The Morgan fingerprint density at radius 3 is 2.83 bits per heavy atom. The molecule has 2 fully saturated rings. The number of ether oxygens (including phenoxy) is 1. The lowest BCUT2D eigenvalue weighted by Crippen LogP contribution is -2.14. The van der Waals surface area contributed by atoms with Gasteiger partial charge in [0.15, 0.2) is 0 Å². The van der Waals surface area contributed by atoms with Crippen molar-refractivity contribution in [2.45, 2.75) is 36.9 Å². The molecule has 128 valence electrons. The first-order chi connectivity index (χ1) is 11.5.